The zero-order chi connectivity index (χ0) is 66.0. The molecule has 4 aromatic rings. The average Bonchev–Trinajstić information content (AvgIpc) is 4.40. The zero-order valence-corrected chi connectivity index (χ0v) is 55.7. The molecule has 0 saturated carbocycles. The first-order valence-electron chi connectivity index (χ1n) is 29.0. The number of aldehydes is 1. The Kier molecular flexibility index (Phi) is 29.2. The van der Waals surface area contributed by atoms with Crippen molar-refractivity contribution in [1.82, 2.24) is 61.6 Å². The van der Waals surface area contributed by atoms with Crippen LogP contribution in [0.5, 0.6) is 0 Å². The number of amides is 4. The third-order valence-corrected chi connectivity index (χ3v) is 12.2. The van der Waals surface area contributed by atoms with E-state index >= 15 is 0 Å². The molecule has 0 radical (unpaired) electrons. The predicted octanol–water partition coefficient (Wildman–Crippen LogP) is 8.93. The van der Waals surface area contributed by atoms with E-state index in [4.69, 9.17) is 32.9 Å². The van der Waals surface area contributed by atoms with E-state index < -0.39 is 65.8 Å². The summed E-state index contributed by atoms with van der Waals surface area (Å²) in [5.41, 5.74) is 4.19. The highest BCUT2D eigenvalue weighted by atomic mass is 16.6. The second-order valence-corrected chi connectivity index (χ2v) is 28.5. The highest BCUT2D eigenvalue weighted by Crippen LogP contribution is 2.29. The summed E-state index contributed by atoms with van der Waals surface area (Å²) in [5.74, 6) is 1.77. The van der Waals surface area contributed by atoms with E-state index in [9.17, 15) is 34.2 Å². The Hall–Kier alpha value is -6.41. The summed E-state index contributed by atoms with van der Waals surface area (Å²) in [7, 11) is 0. The minimum Gasteiger partial charge on any atom is -0.444 e. The molecule has 0 aromatic carbocycles. The molecule has 5 heterocycles. The summed E-state index contributed by atoms with van der Waals surface area (Å²) in [6, 6.07) is -2.95. The van der Waals surface area contributed by atoms with Gasteiger partial charge in [-0.05, 0) is 78.1 Å². The van der Waals surface area contributed by atoms with Gasteiger partial charge < -0.3 is 68.7 Å². The van der Waals surface area contributed by atoms with Gasteiger partial charge in [0, 0.05) is 28.2 Å². The normalized spacial score (nSPS) is 16.2. The number of nitrogens with one attached hydrogen (secondary N) is 3. The molecular weight excluding hydrogens is 1100 g/mol. The van der Waals surface area contributed by atoms with Gasteiger partial charge in [-0.1, -0.05) is 138 Å². The molecule has 26 nitrogen and oxygen atoms in total. The molecular formula is C59H105N13O13. The number of ether oxygens (including phenoxy) is 2. The first-order valence-corrected chi connectivity index (χ1v) is 29.0. The summed E-state index contributed by atoms with van der Waals surface area (Å²) in [6.45, 7) is 50.0. The van der Waals surface area contributed by atoms with Gasteiger partial charge in [0.25, 0.3) is 0 Å². The Bertz CT molecular complexity index is 2550. The van der Waals surface area contributed by atoms with Crippen molar-refractivity contribution in [3.8, 4) is 0 Å². The van der Waals surface area contributed by atoms with E-state index in [-0.39, 0.29) is 68.9 Å². The monoisotopic (exact) mass is 1200 g/mol. The second kappa shape index (κ2) is 32.4. The molecule has 7 atom stereocenters. The summed E-state index contributed by atoms with van der Waals surface area (Å²) >= 11 is 0. The molecule has 5 rings (SSSR count). The molecule has 7 N–H and O–H groups in total. The summed E-state index contributed by atoms with van der Waals surface area (Å²) < 4.78 is 31.4. The second-order valence-electron chi connectivity index (χ2n) is 28.5. The average molecular weight is 1200 g/mol. The molecule has 0 bridgehead atoms. The number of rotatable bonds is 14. The van der Waals surface area contributed by atoms with Gasteiger partial charge in [0.15, 0.2) is 12.2 Å². The Balaban J connectivity index is 0.000000576. The van der Waals surface area contributed by atoms with Crippen LogP contribution in [-0.2, 0) is 45.5 Å². The van der Waals surface area contributed by atoms with Gasteiger partial charge in [0.1, 0.15) is 23.5 Å². The number of aliphatic hydroxyl groups is 2. The number of nitrogens with zero attached hydrogens (tertiary/aromatic N) is 9. The smallest absolute Gasteiger partial charge is 0.408 e. The van der Waals surface area contributed by atoms with Gasteiger partial charge in [-0.3, -0.25) is 9.59 Å². The van der Waals surface area contributed by atoms with Crippen molar-refractivity contribution < 1.29 is 61.3 Å². The van der Waals surface area contributed by atoms with Crippen LogP contribution in [-0.4, -0.2) is 134 Å². The third kappa shape index (κ3) is 27.2. The van der Waals surface area contributed by atoms with E-state index in [1.54, 1.807) is 46.4 Å². The van der Waals surface area contributed by atoms with Crippen LogP contribution in [0.3, 0.4) is 0 Å². The van der Waals surface area contributed by atoms with Crippen molar-refractivity contribution in [3.63, 3.8) is 0 Å². The molecule has 85 heavy (non-hydrogen) atoms. The molecule has 4 amide bonds. The molecule has 0 aliphatic carbocycles. The quantitative estimate of drug-likeness (QED) is 0.0641. The van der Waals surface area contributed by atoms with E-state index in [0.717, 1.165) is 6.42 Å². The van der Waals surface area contributed by atoms with Crippen LogP contribution in [0.1, 0.15) is 240 Å². The summed E-state index contributed by atoms with van der Waals surface area (Å²) in [4.78, 5) is 61.1. The maximum Gasteiger partial charge on any atom is 0.408 e. The zero-order valence-electron chi connectivity index (χ0n) is 55.7. The number of hydrogen-bond acceptors (Lipinski definition) is 22. The van der Waals surface area contributed by atoms with Crippen LogP contribution in [0.15, 0.2) is 30.5 Å². The van der Waals surface area contributed by atoms with Crippen molar-refractivity contribution in [2.75, 3.05) is 6.54 Å². The van der Waals surface area contributed by atoms with Gasteiger partial charge in [-0.25, -0.2) is 9.59 Å². The molecule has 26 heteroatoms. The Labute approximate surface area is 503 Å². The predicted molar refractivity (Wildman–Crippen MR) is 318 cm³/mol. The van der Waals surface area contributed by atoms with Crippen LogP contribution < -0.4 is 21.7 Å². The van der Waals surface area contributed by atoms with E-state index in [2.05, 4.69) is 56.7 Å². The maximum atomic E-state index is 13.0. The SMILES string of the molecule is CC(C)(C)c1nnco1.CC(C)(C)c1nnco1.CC(C)[C@@H](C=O)NC(=O)OC(C)(C)C.CC(C)[C@H](NC(=O)OC(C)(C)C)C(O)c1nnc(C(C)(C)C)o1.CC(C)[C@H](NC(=O)[C@@H]1CCCN1C(=O)[C@@H](N)C(C)C)C(O)c1nnc(C(C)(C)C)o1. The first kappa shape index (κ1) is 76.6. The van der Waals surface area contributed by atoms with Crippen LogP contribution in [0, 0.1) is 23.7 Å². The largest absolute Gasteiger partial charge is 0.444 e. The summed E-state index contributed by atoms with van der Waals surface area (Å²) in [5, 5.41) is 60.0. The molecule has 1 fully saturated rings. The fourth-order valence-corrected chi connectivity index (χ4v) is 7.13. The third-order valence-electron chi connectivity index (χ3n) is 12.2. The Morgan fingerprint density at radius 2 is 0.941 bits per heavy atom. The highest BCUT2D eigenvalue weighted by molar-refractivity contribution is 5.90. The van der Waals surface area contributed by atoms with Crippen molar-refractivity contribution in [3.05, 3.63) is 48.1 Å². The van der Waals surface area contributed by atoms with Gasteiger partial charge in [-0.2, -0.15) is 0 Å². The first-order chi connectivity index (χ1) is 38.6. The fourth-order valence-electron chi connectivity index (χ4n) is 7.13. The number of nitrogens with two attached hydrogens (primary N) is 1. The minimum absolute atomic E-state index is 0.0124. The molecule has 4 aromatic heterocycles. The van der Waals surface area contributed by atoms with Gasteiger partial charge in [0.05, 0.1) is 24.2 Å². The number of alkyl carbamates (subject to hydrolysis) is 2. The molecule has 484 valence electrons. The minimum atomic E-state index is -1.15. The number of aromatic nitrogens is 8. The lowest BCUT2D eigenvalue weighted by molar-refractivity contribution is -0.140. The standard InChI is InChI=1S/C21H37N5O4.C16H29N3O4.C10H19NO3.2C6H10N2O/c1-11(2)14(22)19(29)26-10-8-9-13(26)17(28)23-15(12(3)4)16(27)18-24-25-20(30-18)21(5,6)7;1-9(2)10(17-14(21)23-16(6,7)8)11(20)12-18-19-13(22-12)15(3,4)5;1-7(2)8(6-12)11-9(13)14-10(3,4)5;2*1-6(2,3)5-8-7-4-9-5/h11-16,27H,8-10,22H2,1-7H3,(H,23,28);9-11,20H,1-8H3,(H,17,21);6-8H,1-5H3,(H,11,13);2*4H,1-3H3/t13-,14-,15-,16?;10-,11?;8-;;/m001../s1. The van der Waals surface area contributed by atoms with Crippen molar-refractivity contribution in [1.29, 1.82) is 0 Å². The number of likely N-dealkylation sites (tertiary alicyclic amines) is 1. The highest BCUT2D eigenvalue weighted by Gasteiger charge is 2.40. The van der Waals surface area contributed by atoms with Crippen molar-refractivity contribution in [2.24, 2.45) is 29.4 Å². The van der Waals surface area contributed by atoms with Crippen LogP contribution >= 0.6 is 0 Å². The number of hydrogen-bond donors (Lipinski definition) is 6. The van der Waals surface area contributed by atoms with E-state index in [0.29, 0.717) is 42.8 Å². The van der Waals surface area contributed by atoms with Gasteiger partial charge in [-0.15, -0.1) is 40.8 Å². The number of carbonyl (C=O) groups excluding carboxylic acids is 5. The lowest BCUT2D eigenvalue weighted by Gasteiger charge is -2.31. The van der Waals surface area contributed by atoms with Crippen LogP contribution in [0.2, 0.25) is 0 Å². The maximum absolute atomic E-state index is 13.0. The number of carbonyl (C=O) groups is 5. The molecule has 2 unspecified atom stereocenters. The van der Waals surface area contributed by atoms with Crippen LogP contribution in [0.4, 0.5) is 9.59 Å². The fraction of sp³-hybridized carbons (Fsp3) is 0.780. The molecule has 0 spiro atoms. The molecule has 1 saturated heterocycles. The lowest BCUT2D eigenvalue weighted by atomic mass is 9.97. The van der Waals surface area contributed by atoms with Crippen molar-refractivity contribution >= 4 is 30.3 Å². The molecule has 1 aliphatic heterocycles. The van der Waals surface area contributed by atoms with E-state index in [1.165, 1.54) is 12.8 Å². The van der Waals surface area contributed by atoms with Crippen molar-refractivity contribution in [2.45, 2.75) is 268 Å². The Morgan fingerprint density at radius 1 is 0.565 bits per heavy atom. The van der Waals surface area contributed by atoms with E-state index in [1.807, 2.05) is 138 Å². The lowest BCUT2D eigenvalue weighted by Crippen LogP contribution is -2.55. The summed E-state index contributed by atoms with van der Waals surface area (Å²) in [6.07, 6.45) is 1.32. The van der Waals surface area contributed by atoms with Gasteiger partial charge >= 0.3 is 12.2 Å². The Morgan fingerprint density at radius 3 is 1.22 bits per heavy atom. The van der Waals surface area contributed by atoms with Crippen LogP contribution in [0.25, 0.3) is 0 Å². The number of aliphatic hydroxyl groups excluding tert-OH is 2. The van der Waals surface area contributed by atoms with Gasteiger partial charge in [0.2, 0.25) is 59.9 Å². The molecule has 1 aliphatic rings. The topological polar surface area (TPSA) is 365 Å².